The van der Waals surface area contributed by atoms with Crippen LogP contribution in [-0.2, 0) is 9.59 Å². The molecule has 1 aliphatic heterocycles. The van der Waals surface area contributed by atoms with Crippen molar-refractivity contribution in [2.24, 2.45) is 0 Å². The lowest BCUT2D eigenvalue weighted by atomic mass is 10.1. The maximum Gasteiger partial charge on any atom is 0.251 e. The van der Waals surface area contributed by atoms with Crippen LogP contribution in [0, 0.1) is 0 Å². The second-order valence-corrected chi connectivity index (χ2v) is 6.36. The van der Waals surface area contributed by atoms with E-state index in [-0.39, 0.29) is 36.6 Å². The molecule has 1 unspecified atom stereocenters. The maximum absolute atomic E-state index is 12.4. The van der Waals surface area contributed by atoms with E-state index in [1.807, 2.05) is 19.1 Å². The third-order valence-electron chi connectivity index (χ3n) is 4.14. The second-order valence-electron chi connectivity index (χ2n) is 5.92. The summed E-state index contributed by atoms with van der Waals surface area (Å²) in [6, 6.07) is 13.5. The fourth-order valence-corrected chi connectivity index (χ4v) is 2.96. The summed E-state index contributed by atoms with van der Waals surface area (Å²) in [5.74, 6) is -0.660. The number of nitrogens with zero attached hydrogens (tertiary/aromatic N) is 1. The summed E-state index contributed by atoms with van der Waals surface area (Å²) in [6.07, 6.45) is 0.469. The lowest BCUT2D eigenvalue weighted by Crippen LogP contribution is -2.29. The summed E-state index contributed by atoms with van der Waals surface area (Å²) < 4.78 is 0. The summed E-state index contributed by atoms with van der Waals surface area (Å²) in [5.41, 5.74) is 1.86. The van der Waals surface area contributed by atoms with Gasteiger partial charge in [0, 0.05) is 23.4 Å². The number of halogens is 1. The number of nitrogens with one attached hydrogen (secondary N) is 1. The predicted molar refractivity (Wildman–Crippen MR) is 95.5 cm³/mol. The smallest absolute Gasteiger partial charge is 0.251 e. The van der Waals surface area contributed by atoms with Crippen molar-refractivity contribution in [3.05, 3.63) is 64.7 Å². The molecular weight excluding hydrogens is 340 g/mol. The third kappa shape index (κ3) is 3.72. The number of carbonyl (C=O) groups excluding carboxylic acids is 3. The number of carbonyl (C=O) groups is 3. The molecule has 128 valence electrons. The maximum atomic E-state index is 12.4. The summed E-state index contributed by atoms with van der Waals surface area (Å²) in [5, 5.41) is 3.51. The SMILES string of the molecule is CC(NC(=O)c1ccc(N2C(=O)CCC2=O)cc1)c1cccc(Cl)c1. The molecule has 0 aliphatic carbocycles. The first-order valence-electron chi connectivity index (χ1n) is 7.98. The Labute approximate surface area is 150 Å². The highest BCUT2D eigenvalue weighted by molar-refractivity contribution is 6.30. The molecule has 1 atom stereocenters. The number of hydrogen-bond donors (Lipinski definition) is 1. The summed E-state index contributed by atoms with van der Waals surface area (Å²) in [4.78, 5) is 37.0. The molecular formula is C19H17ClN2O3. The second kappa shape index (κ2) is 7.07. The van der Waals surface area contributed by atoms with Crippen LogP contribution < -0.4 is 10.2 Å². The molecule has 3 amide bonds. The summed E-state index contributed by atoms with van der Waals surface area (Å²) in [7, 11) is 0. The molecule has 0 saturated carbocycles. The molecule has 1 fully saturated rings. The number of imide groups is 1. The minimum absolute atomic E-state index is 0.201. The van der Waals surface area contributed by atoms with Crippen LogP contribution in [0.5, 0.6) is 0 Å². The van der Waals surface area contributed by atoms with Crippen LogP contribution in [0.25, 0.3) is 0 Å². The van der Waals surface area contributed by atoms with Crippen molar-refractivity contribution >= 4 is 35.0 Å². The van der Waals surface area contributed by atoms with Crippen LogP contribution in [-0.4, -0.2) is 17.7 Å². The topological polar surface area (TPSA) is 66.5 Å². The van der Waals surface area contributed by atoms with E-state index in [0.717, 1.165) is 10.5 Å². The molecule has 6 heteroatoms. The Kier molecular flexibility index (Phi) is 4.86. The Hall–Kier alpha value is -2.66. The molecule has 0 radical (unpaired) electrons. The lowest BCUT2D eigenvalue weighted by molar-refractivity contribution is -0.121. The molecule has 0 bridgehead atoms. The first-order chi connectivity index (χ1) is 12.0. The zero-order valence-corrected chi connectivity index (χ0v) is 14.4. The van der Waals surface area contributed by atoms with E-state index >= 15 is 0 Å². The van der Waals surface area contributed by atoms with Crippen molar-refractivity contribution in [3.63, 3.8) is 0 Å². The monoisotopic (exact) mass is 356 g/mol. The first kappa shape index (κ1) is 17.2. The van der Waals surface area contributed by atoms with E-state index in [9.17, 15) is 14.4 Å². The van der Waals surface area contributed by atoms with Gasteiger partial charge in [0.1, 0.15) is 0 Å². The largest absolute Gasteiger partial charge is 0.346 e. The quantitative estimate of drug-likeness (QED) is 0.853. The Balaban J connectivity index is 1.70. The normalized spacial score (nSPS) is 15.4. The molecule has 2 aromatic rings. The minimum atomic E-state index is -0.238. The first-order valence-corrected chi connectivity index (χ1v) is 8.35. The van der Waals surface area contributed by atoms with Gasteiger partial charge in [0.05, 0.1) is 11.7 Å². The van der Waals surface area contributed by atoms with Crippen molar-refractivity contribution < 1.29 is 14.4 Å². The number of anilines is 1. The highest BCUT2D eigenvalue weighted by atomic mass is 35.5. The molecule has 0 spiro atoms. The highest BCUT2D eigenvalue weighted by Crippen LogP contribution is 2.23. The Morgan fingerprint density at radius 3 is 2.32 bits per heavy atom. The van der Waals surface area contributed by atoms with Crippen molar-refractivity contribution in [3.8, 4) is 0 Å². The fourth-order valence-electron chi connectivity index (χ4n) is 2.77. The highest BCUT2D eigenvalue weighted by Gasteiger charge is 2.30. The Bertz CT molecular complexity index is 817. The Morgan fingerprint density at radius 2 is 1.72 bits per heavy atom. The van der Waals surface area contributed by atoms with E-state index in [2.05, 4.69) is 5.32 Å². The molecule has 1 heterocycles. The van der Waals surface area contributed by atoms with Gasteiger partial charge < -0.3 is 5.32 Å². The molecule has 0 aromatic heterocycles. The van der Waals surface area contributed by atoms with E-state index in [1.165, 1.54) is 0 Å². The van der Waals surface area contributed by atoms with Crippen molar-refractivity contribution in [2.75, 3.05) is 4.90 Å². The van der Waals surface area contributed by atoms with Gasteiger partial charge in [-0.2, -0.15) is 0 Å². The number of rotatable bonds is 4. The molecule has 5 nitrogen and oxygen atoms in total. The van der Waals surface area contributed by atoms with E-state index in [4.69, 9.17) is 11.6 Å². The van der Waals surface area contributed by atoms with Gasteiger partial charge in [-0.3, -0.25) is 19.3 Å². The van der Waals surface area contributed by atoms with Gasteiger partial charge in [0.25, 0.3) is 5.91 Å². The zero-order chi connectivity index (χ0) is 18.0. The lowest BCUT2D eigenvalue weighted by Gasteiger charge is -2.16. The van der Waals surface area contributed by atoms with Gasteiger partial charge in [-0.15, -0.1) is 0 Å². The summed E-state index contributed by atoms with van der Waals surface area (Å²) in [6.45, 7) is 1.87. The number of hydrogen-bond acceptors (Lipinski definition) is 3. The third-order valence-corrected chi connectivity index (χ3v) is 4.37. The minimum Gasteiger partial charge on any atom is -0.346 e. The van der Waals surface area contributed by atoms with Crippen molar-refractivity contribution in [1.29, 1.82) is 0 Å². The molecule has 1 N–H and O–H groups in total. The van der Waals surface area contributed by atoms with Gasteiger partial charge >= 0.3 is 0 Å². The average Bonchev–Trinajstić information content (AvgIpc) is 2.93. The van der Waals surface area contributed by atoms with Gasteiger partial charge in [-0.05, 0) is 48.9 Å². The van der Waals surface area contributed by atoms with E-state index in [0.29, 0.717) is 16.3 Å². The van der Waals surface area contributed by atoms with Crippen LogP contribution in [0.2, 0.25) is 5.02 Å². The molecule has 2 aromatic carbocycles. The van der Waals surface area contributed by atoms with Crippen LogP contribution in [0.3, 0.4) is 0 Å². The average molecular weight is 357 g/mol. The molecule has 25 heavy (non-hydrogen) atoms. The van der Waals surface area contributed by atoms with Crippen LogP contribution in [0.1, 0.15) is 41.7 Å². The molecule has 3 rings (SSSR count). The van der Waals surface area contributed by atoms with Crippen LogP contribution in [0.15, 0.2) is 48.5 Å². The number of amides is 3. The van der Waals surface area contributed by atoms with Crippen molar-refractivity contribution in [1.82, 2.24) is 5.32 Å². The van der Waals surface area contributed by atoms with E-state index in [1.54, 1.807) is 36.4 Å². The Morgan fingerprint density at radius 1 is 1.08 bits per heavy atom. The standard InChI is InChI=1S/C19H17ClN2O3/c1-12(14-3-2-4-15(20)11-14)21-19(25)13-5-7-16(8-6-13)22-17(23)9-10-18(22)24/h2-8,11-12H,9-10H2,1H3,(H,21,25). The van der Waals surface area contributed by atoms with Crippen LogP contribution >= 0.6 is 11.6 Å². The fraction of sp³-hybridized carbons (Fsp3) is 0.211. The zero-order valence-electron chi connectivity index (χ0n) is 13.7. The van der Waals surface area contributed by atoms with Gasteiger partial charge in [0.2, 0.25) is 11.8 Å². The van der Waals surface area contributed by atoms with Gasteiger partial charge in [0.15, 0.2) is 0 Å². The number of benzene rings is 2. The predicted octanol–water partition coefficient (Wildman–Crippen LogP) is 3.48. The van der Waals surface area contributed by atoms with Crippen molar-refractivity contribution in [2.45, 2.75) is 25.8 Å². The molecule has 1 saturated heterocycles. The van der Waals surface area contributed by atoms with Gasteiger partial charge in [-0.1, -0.05) is 23.7 Å². The summed E-state index contributed by atoms with van der Waals surface area (Å²) >= 11 is 5.97. The molecule has 1 aliphatic rings. The van der Waals surface area contributed by atoms with Gasteiger partial charge in [-0.25, -0.2) is 0 Å². The van der Waals surface area contributed by atoms with Crippen LogP contribution in [0.4, 0.5) is 5.69 Å². The van der Waals surface area contributed by atoms with E-state index < -0.39 is 0 Å².